The van der Waals surface area contributed by atoms with Crippen molar-refractivity contribution in [1.82, 2.24) is 10.2 Å². The number of aryl methyl sites for hydroxylation is 1. The van der Waals surface area contributed by atoms with Gasteiger partial charge in [-0.25, -0.2) is 0 Å². The van der Waals surface area contributed by atoms with E-state index in [2.05, 4.69) is 41.4 Å². The van der Waals surface area contributed by atoms with Gasteiger partial charge < -0.3 is 10.2 Å². The molecule has 112 valence electrons. The maximum atomic E-state index is 12.1. The third kappa shape index (κ3) is 5.74. The standard InChI is InChI=1S/C17H28N2O/c1-5-7-15-8-10-16(11-9-15)14(2)17(20)18-12-6-13-19(3)4/h8-11,14H,5-7,12-13H2,1-4H3,(H,18,20). The molecule has 0 aliphatic rings. The van der Waals surface area contributed by atoms with E-state index in [-0.39, 0.29) is 11.8 Å². The highest BCUT2D eigenvalue weighted by Crippen LogP contribution is 2.16. The predicted molar refractivity (Wildman–Crippen MR) is 85.0 cm³/mol. The zero-order valence-corrected chi connectivity index (χ0v) is 13.3. The van der Waals surface area contributed by atoms with Gasteiger partial charge in [-0.2, -0.15) is 0 Å². The summed E-state index contributed by atoms with van der Waals surface area (Å²) in [4.78, 5) is 14.2. The van der Waals surface area contributed by atoms with Crippen LogP contribution in [0.5, 0.6) is 0 Å². The number of rotatable bonds is 8. The summed E-state index contributed by atoms with van der Waals surface area (Å²) in [5, 5.41) is 3.01. The fourth-order valence-electron chi connectivity index (χ4n) is 2.17. The molecule has 1 rings (SSSR count). The molecule has 0 fully saturated rings. The average molecular weight is 276 g/mol. The summed E-state index contributed by atoms with van der Waals surface area (Å²) in [7, 11) is 4.09. The van der Waals surface area contributed by atoms with Crippen LogP contribution in [-0.2, 0) is 11.2 Å². The molecule has 0 aliphatic heterocycles. The van der Waals surface area contributed by atoms with Gasteiger partial charge in [0.2, 0.25) is 5.91 Å². The minimum Gasteiger partial charge on any atom is -0.356 e. The first-order chi connectivity index (χ1) is 9.54. The minimum atomic E-state index is -0.0787. The number of carbonyl (C=O) groups excluding carboxylic acids is 1. The Morgan fingerprint density at radius 2 is 1.90 bits per heavy atom. The van der Waals surface area contributed by atoms with Gasteiger partial charge in [-0.05, 0) is 51.5 Å². The molecule has 0 heterocycles. The largest absolute Gasteiger partial charge is 0.356 e. The van der Waals surface area contributed by atoms with Crippen molar-refractivity contribution in [3.05, 3.63) is 35.4 Å². The molecule has 0 bridgehead atoms. The summed E-state index contributed by atoms with van der Waals surface area (Å²) >= 11 is 0. The van der Waals surface area contributed by atoms with E-state index in [4.69, 9.17) is 0 Å². The van der Waals surface area contributed by atoms with Gasteiger partial charge in [0, 0.05) is 6.54 Å². The van der Waals surface area contributed by atoms with E-state index in [1.165, 1.54) is 5.56 Å². The molecule has 0 aromatic heterocycles. The number of hydrogen-bond donors (Lipinski definition) is 1. The van der Waals surface area contributed by atoms with Gasteiger partial charge in [0.25, 0.3) is 0 Å². The fourth-order valence-corrected chi connectivity index (χ4v) is 2.17. The molecule has 1 atom stereocenters. The van der Waals surface area contributed by atoms with Crippen LogP contribution in [-0.4, -0.2) is 38.0 Å². The van der Waals surface area contributed by atoms with Crippen LogP contribution in [0.2, 0.25) is 0 Å². The second-order valence-corrected chi connectivity index (χ2v) is 5.66. The van der Waals surface area contributed by atoms with Crippen LogP contribution in [0.25, 0.3) is 0 Å². The smallest absolute Gasteiger partial charge is 0.227 e. The van der Waals surface area contributed by atoms with Gasteiger partial charge in [-0.3, -0.25) is 4.79 Å². The molecule has 1 amide bonds. The molecule has 1 aromatic carbocycles. The molecule has 3 heteroatoms. The van der Waals surface area contributed by atoms with Gasteiger partial charge in [0.1, 0.15) is 0 Å². The van der Waals surface area contributed by atoms with Crippen LogP contribution in [0, 0.1) is 0 Å². The second kappa shape index (κ2) is 8.75. The molecule has 1 unspecified atom stereocenters. The molecule has 20 heavy (non-hydrogen) atoms. The lowest BCUT2D eigenvalue weighted by Crippen LogP contribution is -2.30. The van der Waals surface area contributed by atoms with Crippen molar-refractivity contribution in [3.63, 3.8) is 0 Å². The van der Waals surface area contributed by atoms with E-state index in [0.717, 1.165) is 37.9 Å². The zero-order chi connectivity index (χ0) is 15.0. The van der Waals surface area contributed by atoms with E-state index in [0.29, 0.717) is 0 Å². The van der Waals surface area contributed by atoms with E-state index in [9.17, 15) is 4.79 Å². The molecule has 1 aromatic rings. The molecule has 0 spiro atoms. The molecule has 0 saturated carbocycles. The third-order valence-electron chi connectivity index (χ3n) is 3.49. The topological polar surface area (TPSA) is 32.3 Å². The average Bonchev–Trinajstić information content (AvgIpc) is 2.43. The maximum absolute atomic E-state index is 12.1. The zero-order valence-electron chi connectivity index (χ0n) is 13.3. The van der Waals surface area contributed by atoms with Crippen LogP contribution in [0.1, 0.15) is 43.7 Å². The molecule has 3 nitrogen and oxygen atoms in total. The third-order valence-corrected chi connectivity index (χ3v) is 3.49. The Hall–Kier alpha value is -1.35. The van der Waals surface area contributed by atoms with Crippen molar-refractivity contribution >= 4 is 5.91 Å². The predicted octanol–water partition coefficient (Wildman–Crippen LogP) is 2.81. The Morgan fingerprint density at radius 1 is 1.25 bits per heavy atom. The fraction of sp³-hybridized carbons (Fsp3) is 0.588. The molecular weight excluding hydrogens is 248 g/mol. The second-order valence-electron chi connectivity index (χ2n) is 5.66. The van der Waals surface area contributed by atoms with Crippen LogP contribution >= 0.6 is 0 Å². The molecule has 0 aliphatic carbocycles. The number of nitrogens with one attached hydrogen (secondary N) is 1. The number of hydrogen-bond acceptors (Lipinski definition) is 2. The Bertz CT molecular complexity index is 398. The number of nitrogens with zero attached hydrogens (tertiary/aromatic N) is 1. The summed E-state index contributed by atoms with van der Waals surface area (Å²) in [6.07, 6.45) is 3.24. The van der Waals surface area contributed by atoms with Crippen molar-refractivity contribution in [2.75, 3.05) is 27.2 Å². The van der Waals surface area contributed by atoms with Crippen LogP contribution in [0.15, 0.2) is 24.3 Å². The van der Waals surface area contributed by atoms with E-state index in [1.807, 2.05) is 21.0 Å². The van der Waals surface area contributed by atoms with Gasteiger partial charge in [0.05, 0.1) is 5.92 Å². The van der Waals surface area contributed by atoms with Gasteiger partial charge >= 0.3 is 0 Å². The lowest BCUT2D eigenvalue weighted by atomic mass is 9.98. The van der Waals surface area contributed by atoms with E-state index < -0.39 is 0 Å². The number of benzene rings is 1. The summed E-state index contributed by atoms with van der Waals surface area (Å²) in [6, 6.07) is 8.42. The quantitative estimate of drug-likeness (QED) is 0.741. The summed E-state index contributed by atoms with van der Waals surface area (Å²) in [5.74, 6) is 0.0389. The Kier molecular flexibility index (Phi) is 7.31. The minimum absolute atomic E-state index is 0.0787. The van der Waals surface area contributed by atoms with Crippen molar-refractivity contribution in [3.8, 4) is 0 Å². The van der Waals surface area contributed by atoms with E-state index >= 15 is 0 Å². The first kappa shape index (κ1) is 16.7. The Morgan fingerprint density at radius 3 is 2.45 bits per heavy atom. The number of carbonyl (C=O) groups is 1. The van der Waals surface area contributed by atoms with Gasteiger partial charge in [-0.1, -0.05) is 37.6 Å². The molecule has 0 saturated heterocycles. The SMILES string of the molecule is CCCc1ccc(C(C)C(=O)NCCCN(C)C)cc1. The summed E-state index contributed by atoms with van der Waals surface area (Å²) < 4.78 is 0. The number of amides is 1. The molecule has 1 N–H and O–H groups in total. The van der Waals surface area contributed by atoms with Crippen molar-refractivity contribution in [2.24, 2.45) is 0 Å². The highest BCUT2D eigenvalue weighted by molar-refractivity contribution is 5.83. The summed E-state index contributed by atoms with van der Waals surface area (Å²) in [6.45, 7) is 5.89. The van der Waals surface area contributed by atoms with Crippen molar-refractivity contribution < 1.29 is 4.79 Å². The highest BCUT2D eigenvalue weighted by Gasteiger charge is 2.14. The van der Waals surface area contributed by atoms with Gasteiger partial charge in [-0.15, -0.1) is 0 Å². The van der Waals surface area contributed by atoms with Crippen LogP contribution in [0.4, 0.5) is 0 Å². The monoisotopic (exact) mass is 276 g/mol. The van der Waals surface area contributed by atoms with Crippen LogP contribution < -0.4 is 5.32 Å². The lowest BCUT2D eigenvalue weighted by molar-refractivity contribution is -0.122. The first-order valence-electron chi connectivity index (χ1n) is 7.56. The van der Waals surface area contributed by atoms with E-state index in [1.54, 1.807) is 0 Å². The normalized spacial score (nSPS) is 12.4. The van der Waals surface area contributed by atoms with Crippen LogP contribution in [0.3, 0.4) is 0 Å². The maximum Gasteiger partial charge on any atom is 0.227 e. The van der Waals surface area contributed by atoms with Crippen molar-refractivity contribution in [2.45, 2.75) is 39.0 Å². The van der Waals surface area contributed by atoms with Crippen molar-refractivity contribution in [1.29, 1.82) is 0 Å². The Balaban J connectivity index is 2.43. The Labute approximate surface area is 123 Å². The molecular formula is C17H28N2O. The lowest BCUT2D eigenvalue weighted by Gasteiger charge is -2.14. The first-order valence-corrected chi connectivity index (χ1v) is 7.56. The van der Waals surface area contributed by atoms with Gasteiger partial charge in [0.15, 0.2) is 0 Å². The summed E-state index contributed by atoms with van der Waals surface area (Å²) in [5.41, 5.74) is 2.44. The highest BCUT2D eigenvalue weighted by atomic mass is 16.1. The molecule has 0 radical (unpaired) electrons.